The Balaban J connectivity index is 1.67. The minimum atomic E-state index is -0.810. The van der Waals surface area contributed by atoms with Gasteiger partial charge < -0.3 is 19.6 Å². The van der Waals surface area contributed by atoms with E-state index in [1.54, 1.807) is 43.3 Å². The molecular formula is C28H25N3O5S. The third kappa shape index (κ3) is 4.38. The number of phenolic OH excluding ortho intramolecular Hbond substituents is 1. The van der Waals surface area contributed by atoms with E-state index in [1.807, 2.05) is 38.1 Å². The van der Waals surface area contributed by atoms with Crippen LogP contribution in [0.15, 0.2) is 80.1 Å². The highest BCUT2D eigenvalue weighted by Gasteiger charge is 2.34. The Bertz CT molecular complexity index is 1740. The second kappa shape index (κ2) is 9.59. The van der Waals surface area contributed by atoms with Crippen LogP contribution in [0.5, 0.6) is 11.5 Å². The molecule has 2 aromatic heterocycles. The number of anilines is 1. The average Bonchev–Trinajstić information content (AvgIpc) is 3.43. The summed E-state index contributed by atoms with van der Waals surface area (Å²) in [5.74, 6) is 0.986. The molecule has 37 heavy (non-hydrogen) atoms. The first-order chi connectivity index (χ1) is 17.8. The monoisotopic (exact) mass is 515 g/mol. The third-order valence-electron chi connectivity index (χ3n) is 6.23. The molecular weight excluding hydrogens is 490 g/mol. The van der Waals surface area contributed by atoms with Crippen LogP contribution in [0.25, 0.3) is 6.08 Å². The van der Waals surface area contributed by atoms with Crippen molar-refractivity contribution < 1.29 is 19.1 Å². The summed E-state index contributed by atoms with van der Waals surface area (Å²) in [4.78, 5) is 32.4. The number of benzene rings is 2. The van der Waals surface area contributed by atoms with Gasteiger partial charge in [-0.05, 0) is 56.7 Å². The number of thiazole rings is 1. The summed E-state index contributed by atoms with van der Waals surface area (Å²) in [6.07, 6.45) is 1.60. The molecule has 1 atom stereocenters. The van der Waals surface area contributed by atoms with Gasteiger partial charge in [0.1, 0.15) is 17.6 Å². The predicted molar refractivity (Wildman–Crippen MR) is 142 cm³/mol. The van der Waals surface area contributed by atoms with Crippen molar-refractivity contribution in [1.82, 2.24) is 4.57 Å². The summed E-state index contributed by atoms with van der Waals surface area (Å²) in [5, 5.41) is 13.5. The topological polar surface area (TPSA) is 106 Å². The van der Waals surface area contributed by atoms with Crippen LogP contribution in [0.3, 0.4) is 0 Å². The first-order valence-corrected chi connectivity index (χ1v) is 12.4. The maximum Gasteiger partial charge on any atom is 0.271 e. The summed E-state index contributed by atoms with van der Waals surface area (Å²) in [6, 6.07) is 15.3. The van der Waals surface area contributed by atoms with Crippen molar-refractivity contribution in [3.63, 3.8) is 0 Å². The van der Waals surface area contributed by atoms with Crippen LogP contribution in [0.2, 0.25) is 0 Å². The number of amides is 1. The molecule has 0 aliphatic carbocycles. The molecule has 2 aromatic carbocycles. The number of aromatic hydroxyl groups is 1. The molecule has 9 heteroatoms. The average molecular weight is 516 g/mol. The zero-order valence-electron chi connectivity index (χ0n) is 20.7. The number of rotatable bonds is 5. The molecule has 1 amide bonds. The molecule has 8 nitrogen and oxygen atoms in total. The molecule has 0 fully saturated rings. The van der Waals surface area contributed by atoms with Crippen molar-refractivity contribution in [2.75, 3.05) is 12.4 Å². The Labute approximate surface area is 216 Å². The van der Waals surface area contributed by atoms with Gasteiger partial charge in [-0.15, -0.1) is 0 Å². The largest absolute Gasteiger partial charge is 0.504 e. The number of furan rings is 1. The fraction of sp³-hybridized carbons (Fsp3) is 0.179. The number of nitrogens with one attached hydrogen (secondary N) is 1. The molecule has 0 saturated carbocycles. The standard InChI is InChI=1S/C28H25N3O5S/c1-15-8-5-6-10-19(15)30-26(33)23-17(3)29-28-31(24(23)20-13-12-16(2)36-20)27(34)22(37-28)14-18-9-7-11-21(35-4)25(18)32/h5-14,24,32H,1-4H3,(H,30,33). The molecule has 4 aromatic rings. The maximum absolute atomic E-state index is 13.7. The van der Waals surface area contributed by atoms with Gasteiger partial charge in [0.05, 0.1) is 22.9 Å². The fourth-order valence-electron chi connectivity index (χ4n) is 4.35. The number of hydrogen-bond donors (Lipinski definition) is 2. The van der Waals surface area contributed by atoms with Crippen molar-refractivity contribution in [2.45, 2.75) is 26.8 Å². The minimum Gasteiger partial charge on any atom is -0.504 e. The van der Waals surface area contributed by atoms with E-state index in [0.717, 1.165) is 5.56 Å². The highest BCUT2D eigenvalue weighted by atomic mass is 32.1. The summed E-state index contributed by atoms with van der Waals surface area (Å²) in [7, 11) is 1.46. The van der Waals surface area contributed by atoms with Gasteiger partial charge >= 0.3 is 0 Å². The summed E-state index contributed by atoms with van der Waals surface area (Å²) in [6.45, 7) is 5.47. The first-order valence-electron chi connectivity index (χ1n) is 11.6. The van der Waals surface area contributed by atoms with Crippen molar-refractivity contribution in [1.29, 1.82) is 0 Å². The van der Waals surface area contributed by atoms with Gasteiger partial charge in [0.25, 0.3) is 11.5 Å². The van der Waals surface area contributed by atoms with Gasteiger partial charge in [-0.25, -0.2) is 4.99 Å². The first kappa shape index (κ1) is 24.3. The number of ether oxygens (including phenoxy) is 1. The molecule has 0 saturated heterocycles. The quantitative estimate of drug-likeness (QED) is 0.421. The van der Waals surface area contributed by atoms with E-state index in [4.69, 9.17) is 9.15 Å². The van der Waals surface area contributed by atoms with Crippen LogP contribution in [0.1, 0.15) is 35.6 Å². The maximum atomic E-state index is 13.7. The lowest BCUT2D eigenvalue weighted by atomic mass is 10.00. The zero-order chi connectivity index (χ0) is 26.3. The molecule has 3 heterocycles. The van der Waals surface area contributed by atoms with Crippen molar-refractivity contribution in [3.05, 3.63) is 108 Å². The Hall–Kier alpha value is -4.37. The van der Waals surface area contributed by atoms with Crippen molar-refractivity contribution in [3.8, 4) is 11.5 Å². The Morgan fingerprint density at radius 2 is 1.92 bits per heavy atom. The smallest absolute Gasteiger partial charge is 0.271 e. The normalized spacial score (nSPS) is 15.4. The molecule has 2 N–H and O–H groups in total. The number of phenols is 1. The minimum absolute atomic E-state index is 0.0662. The van der Waals surface area contributed by atoms with Gasteiger partial charge in [-0.1, -0.05) is 41.7 Å². The molecule has 1 aliphatic rings. The molecule has 0 bridgehead atoms. The number of hydrogen-bond acceptors (Lipinski definition) is 7. The number of aryl methyl sites for hydroxylation is 2. The van der Waals surface area contributed by atoms with Gasteiger partial charge in [0.2, 0.25) is 0 Å². The number of fused-ring (bicyclic) bond motifs is 1. The van der Waals surface area contributed by atoms with Crippen molar-refractivity contribution in [2.24, 2.45) is 4.99 Å². The number of carbonyl (C=O) groups excluding carboxylic acids is 1. The number of methoxy groups -OCH3 is 1. The molecule has 5 rings (SSSR count). The number of allylic oxidation sites excluding steroid dienone is 1. The Morgan fingerprint density at radius 1 is 1.14 bits per heavy atom. The molecule has 0 spiro atoms. The van der Waals surface area contributed by atoms with Crippen LogP contribution in [-0.4, -0.2) is 22.7 Å². The van der Waals surface area contributed by atoms with E-state index >= 15 is 0 Å². The lowest BCUT2D eigenvalue weighted by Crippen LogP contribution is -2.40. The van der Waals surface area contributed by atoms with E-state index in [1.165, 1.54) is 23.0 Å². The Kier molecular flexibility index (Phi) is 6.31. The van der Waals surface area contributed by atoms with Gasteiger partial charge in [0, 0.05) is 11.3 Å². The number of nitrogens with zero attached hydrogens (tertiary/aromatic N) is 2. The summed E-state index contributed by atoms with van der Waals surface area (Å²) < 4.78 is 13.0. The van der Waals surface area contributed by atoms with Gasteiger partial charge in [-0.3, -0.25) is 14.2 Å². The number of para-hydroxylation sites is 2. The second-order valence-electron chi connectivity index (χ2n) is 8.70. The van der Waals surface area contributed by atoms with Crippen LogP contribution >= 0.6 is 11.3 Å². The number of aromatic nitrogens is 1. The highest BCUT2D eigenvalue weighted by Crippen LogP contribution is 2.33. The van der Waals surface area contributed by atoms with E-state index in [0.29, 0.717) is 49.1 Å². The third-order valence-corrected chi connectivity index (χ3v) is 7.21. The molecule has 188 valence electrons. The Morgan fingerprint density at radius 3 is 2.62 bits per heavy atom. The molecule has 1 aliphatic heterocycles. The van der Waals surface area contributed by atoms with Gasteiger partial charge in [0.15, 0.2) is 16.3 Å². The SMILES string of the molecule is COc1cccc(C=c2sc3n(c2=O)C(c2ccc(C)o2)C(C(=O)Nc2ccccc2C)=C(C)N=3)c1O. The van der Waals surface area contributed by atoms with Crippen LogP contribution in [0, 0.1) is 13.8 Å². The lowest BCUT2D eigenvalue weighted by Gasteiger charge is -2.23. The predicted octanol–water partition coefficient (Wildman–Crippen LogP) is 3.80. The van der Waals surface area contributed by atoms with Crippen LogP contribution < -0.4 is 24.9 Å². The van der Waals surface area contributed by atoms with E-state index in [9.17, 15) is 14.7 Å². The zero-order valence-corrected chi connectivity index (χ0v) is 21.6. The molecule has 1 unspecified atom stereocenters. The highest BCUT2D eigenvalue weighted by molar-refractivity contribution is 7.07. The lowest BCUT2D eigenvalue weighted by molar-refractivity contribution is -0.113. The van der Waals surface area contributed by atoms with E-state index in [2.05, 4.69) is 10.3 Å². The number of carbonyl (C=O) groups is 1. The second-order valence-corrected chi connectivity index (χ2v) is 9.71. The van der Waals surface area contributed by atoms with E-state index < -0.39 is 6.04 Å². The van der Waals surface area contributed by atoms with Gasteiger partial charge in [-0.2, -0.15) is 0 Å². The van der Waals surface area contributed by atoms with Crippen LogP contribution in [0.4, 0.5) is 5.69 Å². The summed E-state index contributed by atoms with van der Waals surface area (Å²) in [5.41, 5.74) is 2.48. The van der Waals surface area contributed by atoms with Crippen molar-refractivity contribution >= 4 is 29.0 Å². The fourth-order valence-corrected chi connectivity index (χ4v) is 5.38. The van der Waals surface area contributed by atoms with Crippen LogP contribution in [-0.2, 0) is 4.79 Å². The van der Waals surface area contributed by atoms with E-state index in [-0.39, 0.29) is 17.2 Å². The summed E-state index contributed by atoms with van der Waals surface area (Å²) >= 11 is 1.18. The molecule has 0 radical (unpaired) electrons.